The lowest BCUT2D eigenvalue weighted by Gasteiger charge is -2.04. The van der Waals surface area contributed by atoms with Crippen molar-refractivity contribution >= 4 is 17.5 Å². The summed E-state index contributed by atoms with van der Waals surface area (Å²) < 4.78 is 1.68. The molecular formula is C11H11ClN4O. The molecule has 17 heavy (non-hydrogen) atoms. The van der Waals surface area contributed by atoms with Gasteiger partial charge in [-0.2, -0.15) is 5.10 Å². The van der Waals surface area contributed by atoms with Gasteiger partial charge >= 0.3 is 0 Å². The van der Waals surface area contributed by atoms with Crippen LogP contribution in [0.5, 0.6) is 0 Å². The molecule has 0 radical (unpaired) electrons. The lowest BCUT2D eigenvalue weighted by molar-refractivity contribution is 0.0950. The lowest BCUT2D eigenvalue weighted by Crippen LogP contribution is -2.23. The molecule has 6 heteroatoms. The van der Waals surface area contributed by atoms with E-state index in [1.807, 2.05) is 13.2 Å². The maximum atomic E-state index is 11.8. The number of nitrogens with one attached hydrogen (secondary N) is 1. The molecule has 2 aromatic heterocycles. The molecule has 0 aromatic carbocycles. The highest BCUT2D eigenvalue weighted by molar-refractivity contribution is 6.32. The molecule has 2 heterocycles. The van der Waals surface area contributed by atoms with E-state index in [1.165, 1.54) is 0 Å². The number of hydrogen-bond donors (Lipinski definition) is 1. The van der Waals surface area contributed by atoms with Crippen molar-refractivity contribution in [3.05, 3.63) is 47.0 Å². The van der Waals surface area contributed by atoms with Crippen LogP contribution >= 0.6 is 11.6 Å². The Labute approximate surface area is 103 Å². The molecular weight excluding hydrogens is 240 g/mol. The number of amides is 1. The van der Waals surface area contributed by atoms with Gasteiger partial charge in [0.05, 0.1) is 11.8 Å². The second-order valence-corrected chi connectivity index (χ2v) is 3.90. The summed E-state index contributed by atoms with van der Waals surface area (Å²) >= 11 is 5.82. The molecule has 88 valence electrons. The summed E-state index contributed by atoms with van der Waals surface area (Å²) in [7, 11) is 1.82. The Morgan fingerprint density at radius 3 is 3.06 bits per heavy atom. The minimum Gasteiger partial charge on any atom is -0.348 e. The molecule has 0 aliphatic carbocycles. The summed E-state index contributed by atoms with van der Waals surface area (Å²) in [6.45, 7) is 0.415. The number of pyridine rings is 1. The number of hydrogen-bond acceptors (Lipinski definition) is 3. The van der Waals surface area contributed by atoms with Gasteiger partial charge in [0.15, 0.2) is 0 Å². The van der Waals surface area contributed by atoms with Gasteiger partial charge < -0.3 is 5.32 Å². The van der Waals surface area contributed by atoms with Crippen LogP contribution in [0.15, 0.2) is 30.7 Å². The Kier molecular flexibility index (Phi) is 3.39. The molecule has 0 saturated carbocycles. The third-order valence-electron chi connectivity index (χ3n) is 2.22. The molecule has 2 rings (SSSR count). The van der Waals surface area contributed by atoms with Gasteiger partial charge in [-0.3, -0.25) is 9.48 Å². The Morgan fingerprint density at radius 2 is 2.41 bits per heavy atom. The number of aryl methyl sites for hydroxylation is 1. The summed E-state index contributed by atoms with van der Waals surface area (Å²) in [5.74, 6) is -0.244. The molecule has 5 nitrogen and oxygen atoms in total. The van der Waals surface area contributed by atoms with Crippen LogP contribution in [-0.4, -0.2) is 20.7 Å². The van der Waals surface area contributed by atoms with Crippen LogP contribution < -0.4 is 5.32 Å². The molecule has 1 amide bonds. The van der Waals surface area contributed by atoms with Crippen molar-refractivity contribution in [2.24, 2.45) is 7.05 Å². The summed E-state index contributed by atoms with van der Waals surface area (Å²) in [6.07, 6.45) is 5.08. The van der Waals surface area contributed by atoms with Crippen molar-refractivity contribution < 1.29 is 4.79 Å². The first-order valence-corrected chi connectivity index (χ1v) is 5.41. The van der Waals surface area contributed by atoms with Crippen molar-refractivity contribution in [2.75, 3.05) is 0 Å². The molecule has 0 saturated heterocycles. The molecule has 0 aliphatic heterocycles. The number of carbonyl (C=O) groups excluding carboxylic acids is 1. The van der Waals surface area contributed by atoms with Crippen LogP contribution in [0.1, 0.15) is 15.9 Å². The zero-order valence-electron chi connectivity index (χ0n) is 9.22. The highest BCUT2D eigenvalue weighted by atomic mass is 35.5. The first kappa shape index (κ1) is 11.6. The normalized spacial score (nSPS) is 10.2. The Hall–Kier alpha value is -1.88. The molecule has 0 spiro atoms. The van der Waals surface area contributed by atoms with Crippen molar-refractivity contribution in [1.29, 1.82) is 0 Å². The Bertz CT molecular complexity index is 538. The van der Waals surface area contributed by atoms with Gasteiger partial charge in [-0.15, -0.1) is 0 Å². The van der Waals surface area contributed by atoms with Crippen molar-refractivity contribution in [2.45, 2.75) is 6.54 Å². The van der Waals surface area contributed by atoms with Crippen molar-refractivity contribution in [3.8, 4) is 0 Å². The quantitative estimate of drug-likeness (QED) is 0.838. The highest BCUT2D eigenvalue weighted by Crippen LogP contribution is 2.11. The molecule has 2 aromatic rings. The average Bonchev–Trinajstić information content (AvgIpc) is 2.73. The number of nitrogens with zero attached hydrogens (tertiary/aromatic N) is 3. The summed E-state index contributed by atoms with van der Waals surface area (Å²) in [4.78, 5) is 15.6. The first-order chi connectivity index (χ1) is 8.16. The summed E-state index contributed by atoms with van der Waals surface area (Å²) in [5, 5.41) is 6.97. The number of aromatic nitrogens is 3. The monoisotopic (exact) mass is 250 g/mol. The van der Waals surface area contributed by atoms with Gasteiger partial charge in [-0.1, -0.05) is 11.6 Å². The Morgan fingerprint density at radius 1 is 1.59 bits per heavy atom. The van der Waals surface area contributed by atoms with E-state index in [0.29, 0.717) is 12.1 Å². The molecule has 0 atom stereocenters. The fourth-order valence-corrected chi connectivity index (χ4v) is 1.60. The standard InChI is InChI=1S/C11H11ClN4O/c1-16-7-8(6-15-16)5-14-11(17)9-3-2-4-13-10(9)12/h2-4,6-7H,5H2,1H3,(H,14,17). The highest BCUT2D eigenvalue weighted by Gasteiger charge is 2.10. The molecule has 0 unspecified atom stereocenters. The fraction of sp³-hybridized carbons (Fsp3) is 0.182. The largest absolute Gasteiger partial charge is 0.348 e. The Balaban J connectivity index is 2.01. The van der Waals surface area contributed by atoms with Crippen LogP contribution in [0.2, 0.25) is 5.15 Å². The van der Waals surface area contributed by atoms with Crippen molar-refractivity contribution in [3.63, 3.8) is 0 Å². The van der Waals surface area contributed by atoms with E-state index in [2.05, 4.69) is 15.4 Å². The lowest BCUT2D eigenvalue weighted by atomic mass is 10.2. The van der Waals surface area contributed by atoms with Gasteiger partial charge in [0.25, 0.3) is 5.91 Å². The minimum atomic E-state index is -0.244. The number of carbonyl (C=O) groups is 1. The predicted octanol–water partition coefficient (Wildman–Crippen LogP) is 1.40. The number of halogens is 1. The van der Waals surface area contributed by atoms with Gasteiger partial charge in [-0.05, 0) is 12.1 Å². The van der Waals surface area contributed by atoms with E-state index in [4.69, 9.17) is 11.6 Å². The molecule has 0 aliphatic rings. The smallest absolute Gasteiger partial charge is 0.254 e. The second kappa shape index (κ2) is 4.97. The predicted molar refractivity (Wildman–Crippen MR) is 63.6 cm³/mol. The third-order valence-corrected chi connectivity index (χ3v) is 2.52. The fourth-order valence-electron chi connectivity index (χ4n) is 1.40. The van der Waals surface area contributed by atoms with Gasteiger partial charge in [0.2, 0.25) is 0 Å². The SMILES string of the molecule is Cn1cc(CNC(=O)c2cccnc2Cl)cn1. The van der Waals surface area contributed by atoms with Crippen LogP contribution in [0.25, 0.3) is 0 Å². The molecule has 0 bridgehead atoms. The van der Waals surface area contributed by atoms with Gasteiger partial charge in [0.1, 0.15) is 5.15 Å². The topological polar surface area (TPSA) is 59.8 Å². The molecule has 0 fully saturated rings. The summed E-state index contributed by atoms with van der Waals surface area (Å²) in [5.41, 5.74) is 1.30. The van der Waals surface area contributed by atoms with E-state index in [1.54, 1.807) is 29.2 Å². The first-order valence-electron chi connectivity index (χ1n) is 5.03. The van der Waals surface area contributed by atoms with Crippen molar-refractivity contribution in [1.82, 2.24) is 20.1 Å². The molecule has 1 N–H and O–H groups in total. The van der Waals surface area contributed by atoms with E-state index in [0.717, 1.165) is 5.56 Å². The third kappa shape index (κ3) is 2.82. The van der Waals surface area contributed by atoms with E-state index < -0.39 is 0 Å². The van der Waals surface area contributed by atoms with E-state index in [-0.39, 0.29) is 11.1 Å². The zero-order chi connectivity index (χ0) is 12.3. The van der Waals surface area contributed by atoms with E-state index in [9.17, 15) is 4.79 Å². The van der Waals surface area contributed by atoms with Gasteiger partial charge in [-0.25, -0.2) is 4.98 Å². The second-order valence-electron chi connectivity index (χ2n) is 3.55. The minimum absolute atomic E-state index is 0.205. The van der Waals surface area contributed by atoms with Crippen LogP contribution in [0.3, 0.4) is 0 Å². The maximum absolute atomic E-state index is 11.8. The average molecular weight is 251 g/mol. The zero-order valence-corrected chi connectivity index (χ0v) is 9.98. The van der Waals surface area contributed by atoms with Crippen LogP contribution in [0.4, 0.5) is 0 Å². The van der Waals surface area contributed by atoms with Gasteiger partial charge in [0, 0.05) is 31.5 Å². The van der Waals surface area contributed by atoms with Crippen LogP contribution in [-0.2, 0) is 13.6 Å². The number of rotatable bonds is 3. The van der Waals surface area contributed by atoms with E-state index >= 15 is 0 Å². The van der Waals surface area contributed by atoms with Crippen LogP contribution in [0, 0.1) is 0 Å². The summed E-state index contributed by atoms with van der Waals surface area (Å²) in [6, 6.07) is 3.30. The maximum Gasteiger partial charge on any atom is 0.254 e.